The maximum absolute atomic E-state index is 12.9. The monoisotopic (exact) mass is 562 g/mol. The SMILES string of the molecule is COc1cc(/C=C(\C#N)C(=O)Nc2cccc(C(F)(F)F)c2)cc(Cl)c1Oc1ccc([N+](=O)[O-])cc1[N+](=O)[O-]. The van der Waals surface area contributed by atoms with Crippen LogP contribution >= 0.6 is 11.6 Å². The zero-order valence-electron chi connectivity index (χ0n) is 19.5. The van der Waals surface area contributed by atoms with Gasteiger partial charge in [0.2, 0.25) is 5.75 Å². The lowest BCUT2D eigenvalue weighted by molar-refractivity contribution is -0.394. The summed E-state index contributed by atoms with van der Waals surface area (Å²) in [7, 11) is 1.21. The number of hydrogen-bond acceptors (Lipinski definition) is 8. The highest BCUT2D eigenvalue weighted by molar-refractivity contribution is 6.32. The molecule has 0 spiro atoms. The quantitative estimate of drug-likeness (QED) is 0.141. The molecule has 1 amide bonds. The number of nitriles is 1. The molecular formula is C24H14ClF3N4O7. The summed E-state index contributed by atoms with van der Waals surface area (Å²) in [5.41, 5.74) is -2.81. The predicted molar refractivity (Wildman–Crippen MR) is 131 cm³/mol. The number of benzene rings is 3. The van der Waals surface area contributed by atoms with Crippen LogP contribution in [0.3, 0.4) is 0 Å². The van der Waals surface area contributed by atoms with Crippen LogP contribution in [0.1, 0.15) is 11.1 Å². The van der Waals surface area contributed by atoms with Crippen molar-refractivity contribution in [1.82, 2.24) is 0 Å². The van der Waals surface area contributed by atoms with Gasteiger partial charge in [-0.1, -0.05) is 17.7 Å². The van der Waals surface area contributed by atoms with Gasteiger partial charge >= 0.3 is 11.9 Å². The van der Waals surface area contributed by atoms with Crippen molar-refractivity contribution in [1.29, 1.82) is 5.26 Å². The van der Waals surface area contributed by atoms with Crippen LogP contribution in [0.5, 0.6) is 17.2 Å². The molecule has 39 heavy (non-hydrogen) atoms. The molecule has 0 radical (unpaired) electrons. The van der Waals surface area contributed by atoms with Crippen LogP contribution in [0.15, 0.2) is 60.2 Å². The summed E-state index contributed by atoms with van der Waals surface area (Å²) in [6.45, 7) is 0. The fourth-order valence-corrected chi connectivity index (χ4v) is 3.43. The van der Waals surface area contributed by atoms with Crippen LogP contribution in [-0.2, 0) is 11.0 Å². The van der Waals surface area contributed by atoms with E-state index in [-0.39, 0.29) is 33.5 Å². The first kappa shape index (κ1) is 28.4. The highest BCUT2D eigenvalue weighted by atomic mass is 35.5. The third kappa shape index (κ3) is 6.79. The summed E-state index contributed by atoms with van der Waals surface area (Å²) in [6, 6.07) is 10.7. The second-order valence-electron chi connectivity index (χ2n) is 7.50. The molecule has 3 aromatic carbocycles. The summed E-state index contributed by atoms with van der Waals surface area (Å²) >= 11 is 6.27. The number of alkyl halides is 3. The highest BCUT2D eigenvalue weighted by Crippen LogP contribution is 2.43. The molecular weight excluding hydrogens is 549 g/mol. The number of nitro benzene ring substituents is 2. The molecule has 0 saturated heterocycles. The second-order valence-corrected chi connectivity index (χ2v) is 7.91. The molecule has 1 N–H and O–H groups in total. The van der Waals surface area contributed by atoms with Crippen LogP contribution in [0.2, 0.25) is 5.02 Å². The average Bonchev–Trinajstić information content (AvgIpc) is 2.87. The molecule has 11 nitrogen and oxygen atoms in total. The Hall–Kier alpha value is -5.16. The normalized spacial score (nSPS) is 11.3. The van der Waals surface area contributed by atoms with Crippen molar-refractivity contribution in [2.45, 2.75) is 6.18 Å². The van der Waals surface area contributed by atoms with Crippen molar-refractivity contribution in [3.8, 4) is 23.3 Å². The largest absolute Gasteiger partial charge is 0.493 e. The third-order valence-corrected chi connectivity index (χ3v) is 5.22. The number of carbonyl (C=O) groups excluding carboxylic acids is 1. The molecule has 15 heteroatoms. The molecule has 0 heterocycles. The van der Waals surface area contributed by atoms with E-state index in [9.17, 15) is 43.5 Å². The number of non-ortho nitro benzene ring substituents is 1. The van der Waals surface area contributed by atoms with Gasteiger partial charge in [-0.15, -0.1) is 0 Å². The lowest BCUT2D eigenvalue weighted by Gasteiger charge is -2.13. The molecule has 0 unspecified atom stereocenters. The van der Waals surface area contributed by atoms with E-state index < -0.39 is 44.4 Å². The third-order valence-electron chi connectivity index (χ3n) is 4.94. The van der Waals surface area contributed by atoms with Crippen molar-refractivity contribution in [3.63, 3.8) is 0 Å². The van der Waals surface area contributed by atoms with E-state index in [4.69, 9.17) is 21.1 Å². The summed E-state index contributed by atoms with van der Waals surface area (Å²) in [4.78, 5) is 33.2. The van der Waals surface area contributed by atoms with E-state index >= 15 is 0 Å². The van der Waals surface area contributed by atoms with Crippen LogP contribution in [0.4, 0.5) is 30.2 Å². The van der Waals surface area contributed by atoms with Gasteiger partial charge in [-0.05, 0) is 48.0 Å². The van der Waals surface area contributed by atoms with Gasteiger partial charge in [0.1, 0.15) is 11.6 Å². The van der Waals surface area contributed by atoms with Gasteiger partial charge in [-0.25, -0.2) is 0 Å². The number of nitrogens with one attached hydrogen (secondary N) is 1. The van der Waals surface area contributed by atoms with Gasteiger partial charge in [-0.2, -0.15) is 18.4 Å². The van der Waals surface area contributed by atoms with E-state index in [1.54, 1.807) is 6.07 Å². The lowest BCUT2D eigenvalue weighted by atomic mass is 10.1. The number of amides is 1. The molecule has 200 valence electrons. The summed E-state index contributed by atoms with van der Waals surface area (Å²) in [6.07, 6.45) is -3.56. The van der Waals surface area contributed by atoms with Crippen molar-refractivity contribution >= 4 is 40.6 Å². The Morgan fingerprint density at radius 3 is 2.38 bits per heavy atom. The minimum atomic E-state index is -4.64. The van der Waals surface area contributed by atoms with Crippen molar-refractivity contribution in [2.75, 3.05) is 12.4 Å². The Balaban J connectivity index is 1.93. The summed E-state index contributed by atoms with van der Waals surface area (Å²) in [5, 5.41) is 33.8. The van der Waals surface area contributed by atoms with E-state index in [0.29, 0.717) is 12.1 Å². The summed E-state index contributed by atoms with van der Waals surface area (Å²) in [5.74, 6) is -1.68. The molecule has 0 aliphatic rings. The minimum absolute atomic E-state index is 0.0861. The van der Waals surface area contributed by atoms with Gasteiger partial charge in [0.15, 0.2) is 11.5 Å². The van der Waals surface area contributed by atoms with Crippen molar-refractivity contribution in [2.24, 2.45) is 0 Å². The molecule has 0 aromatic heterocycles. The van der Waals surface area contributed by atoms with Crippen LogP contribution in [-0.4, -0.2) is 22.9 Å². The fourth-order valence-electron chi connectivity index (χ4n) is 3.17. The molecule has 0 aliphatic carbocycles. The number of rotatable bonds is 8. The van der Waals surface area contributed by atoms with Gasteiger partial charge in [0.25, 0.3) is 11.6 Å². The number of ether oxygens (including phenoxy) is 2. The topological polar surface area (TPSA) is 158 Å². The Labute approximate surface area is 221 Å². The number of hydrogen-bond donors (Lipinski definition) is 1. The maximum Gasteiger partial charge on any atom is 0.416 e. The fraction of sp³-hybridized carbons (Fsp3) is 0.0833. The number of carbonyl (C=O) groups is 1. The maximum atomic E-state index is 12.9. The molecule has 0 bridgehead atoms. The molecule has 0 fully saturated rings. The van der Waals surface area contributed by atoms with Crippen LogP contribution < -0.4 is 14.8 Å². The van der Waals surface area contributed by atoms with Crippen molar-refractivity contribution < 1.29 is 37.3 Å². The predicted octanol–water partition coefficient (Wildman–Crippen LogP) is 6.52. The number of methoxy groups -OCH3 is 1. The number of nitro groups is 2. The lowest BCUT2D eigenvalue weighted by Crippen LogP contribution is -2.14. The molecule has 0 aliphatic heterocycles. The molecule has 3 aromatic rings. The first-order valence-electron chi connectivity index (χ1n) is 10.4. The zero-order chi connectivity index (χ0) is 28.9. The highest BCUT2D eigenvalue weighted by Gasteiger charge is 2.30. The smallest absolute Gasteiger partial charge is 0.416 e. The van der Waals surface area contributed by atoms with Gasteiger partial charge in [0, 0.05) is 11.8 Å². The van der Waals surface area contributed by atoms with Crippen molar-refractivity contribution in [3.05, 3.63) is 96.5 Å². The Morgan fingerprint density at radius 2 is 1.79 bits per heavy atom. The van der Waals surface area contributed by atoms with E-state index in [1.807, 2.05) is 0 Å². The number of halogens is 4. The molecule has 0 saturated carbocycles. The second kappa shape index (κ2) is 11.5. The Bertz CT molecular complexity index is 1550. The van der Waals surface area contributed by atoms with Crippen LogP contribution in [0, 0.1) is 31.6 Å². The zero-order valence-corrected chi connectivity index (χ0v) is 20.2. The first-order chi connectivity index (χ1) is 18.3. The standard InChI is InChI=1S/C24H14ClF3N4O7/c1-38-21-9-13(7-14(12-29)23(33)30-16-4-2-3-15(10-16)24(26,27)28)8-18(25)22(21)39-20-6-5-17(31(34)35)11-19(20)32(36)37/h2-11H,1H3,(H,30,33)/b14-7+. The van der Waals surface area contributed by atoms with E-state index in [0.717, 1.165) is 30.3 Å². The van der Waals surface area contributed by atoms with E-state index in [2.05, 4.69) is 5.32 Å². The average molecular weight is 563 g/mol. The van der Waals surface area contributed by atoms with Gasteiger partial charge in [0.05, 0.1) is 33.6 Å². The first-order valence-corrected chi connectivity index (χ1v) is 10.8. The minimum Gasteiger partial charge on any atom is -0.493 e. The van der Waals surface area contributed by atoms with E-state index in [1.165, 1.54) is 25.3 Å². The number of anilines is 1. The molecule has 3 rings (SSSR count). The van der Waals surface area contributed by atoms with Crippen LogP contribution in [0.25, 0.3) is 6.08 Å². The van der Waals surface area contributed by atoms with Gasteiger partial charge in [-0.3, -0.25) is 25.0 Å². The summed E-state index contributed by atoms with van der Waals surface area (Å²) < 4.78 is 49.6. The molecule has 0 atom stereocenters. The van der Waals surface area contributed by atoms with Gasteiger partial charge < -0.3 is 14.8 Å². The number of nitrogens with zero attached hydrogens (tertiary/aromatic N) is 3. The Morgan fingerprint density at radius 1 is 1.08 bits per heavy atom. The Kier molecular flexibility index (Phi) is 8.37.